The normalized spacial score (nSPS) is 28.1. The first kappa shape index (κ1) is 11.3. The summed E-state index contributed by atoms with van der Waals surface area (Å²) in [5, 5.41) is 18.5. The van der Waals surface area contributed by atoms with Crippen molar-refractivity contribution in [1.29, 1.82) is 0 Å². The van der Waals surface area contributed by atoms with E-state index < -0.39 is 11.6 Å². The Morgan fingerprint density at radius 2 is 2.07 bits per heavy atom. The van der Waals surface area contributed by atoms with Crippen molar-refractivity contribution in [3.63, 3.8) is 0 Å². The molecule has 82 valence electrons. The van der Waals surface area contributed by atoms with Crippen molar-refractivity contribution in [3.05, 3.63) is 0 Å². The number of amides is 1. The number of carbonyl (C=O) groups is 1. The molecule has 2 N–H and O–H groups in total. The molecule has 0 aliphatic carbocycles. The fourth-order valence-corrected chi connectivity index (χ4v) is 2.34. The summed E-state index contributed by atoms with van der Waals surface area (Å²) in [5.41, 5.74) is -0.824. The fraction of sp³-hybridized carbons (Fsp3) is 0.900. The molecule has 1 rings (SSSR count). The summed E-state index contributed by atoms with van der Waals surface area (Å²) in [7, 11) is 0. The van der Waals surface area contributed by atoms with Crippen LogP contribution in [0.25, 0.3) is 0 Å². The molecule has 1 saturated heterocycles. The summed E-state index contributed by atoms with van der Waals surface area (Å²) in [4.78, 5) is 12.4. The highest BCUT2D eigenvalue weighted by Crippen LogP contribution is 2.43. The maximum absolute atomic E-state index is 11.0. The zero-order valence-electron chi connectivity index (χ0n) is 9.08. The van der Waals surface area contributed by atoms with E-state index in [1.807, 2.05) is 20.8 Å². The van der Waals surface area contributed by atoms with Gasteiger partial charge < -0.3 is 10.2 Å². The number of nitrogens with zero attached hydrogens (tertiary/aromatic N) is 1. The standard InChI is InChI=1S/C10H19NO3/c1-9(2,3)10(7-12)5-4-6-11(10)8(13)14/h12H,4-7H2,1-3H3,(H,13,14). The Morgan fingerprint density at radius 1 is 1.50 bits per heavy atom. The molecule has 0 spiro atoms. The van der Waals surface area contributed by atoms with E-state index in [0.717, 1.165) is 12.8 Å². The number of aliphatic hydroxyl groups excluding tert-OH is 1. The molecule has 0 aromatic carbocycles. The van der Waals surface area contributed by atoms with Crippen LogP contribution in [0.2, 0.25) is 0 Å². The van der Waals surface area contributed by atoms with Crippen LogP contribution < -0.4 is 0 Å². The second kappa shape index (κ2) is 3.42. The molecule has 1 atom stereocenters. The van der Waals surface area contributed by atoms with E-state index >= 15 is 0 Å². The van der Waals surface area contributed by atoms with E-state index in [2.05, 4.69) is 0 Å². The van der Waals surface area contributed by atoms with Gasteiger partial charge in [0.1, 0.15) is 0 Å². The molecule has 0 bridgehead atoms. The zero-order valence-corrected chi connectivity index (χ0v) is 9.08. The lowest BCUT2D eigenvalue weighted by atomic mass is 9.72. The highest BCUT2D eigenvalue weighted by atomic mass is 16.4. The molecule has 14 heavy (non-hydrogen) atoms. The minimum absolute atomic E-state index is 0.0944. The van der Waals surface area contributed by atoms with E-state index in [-0.39, 0.29) is 12.0 Å². The predicted molar refractivity (Wildman–Crippen MR) is 53.2 cm³/mol. The van der Waals surface area contributed by atoms with Crippen molar-refractivity contribution < 1.29 is 15.0 Å². The van der Waals surface area contributed by atoms with Gasteiger partial charge in [0.15, 0.2) is 0 Å². The van der Waals surface area contributed by atoms with Crippen LogP contribution in [0.5, 0.6) is 0 Å². The van der Waals surface area contributed by atoms with Crippen LogP contribution >= 0.6 is 0 Å². The third-order valence-corrected chi connectivity index (χ3v) is 3.38. The van der Waals surface area contributed by atoms with E-state index in [0.29, 0.717) is 6.54 Å². The van der Waals surface area contributed by atoms with Crippen LogP contribution in [0, 0.1) is 5.41 Å². The number of rotatable bonds is 1. The highest BCUT2D eigenvalue weighted by molar-refractivity contribution is 5.67. The molecule has 0 radical (unpaired) electrons. The van der Waals surface area contributed by atoms with Crippen LogP contribution in [-0.4, -0.2) is 39.9 Å². The molecule has 1 amide bonds. The molecule has 1 heterocycles. The molecule has 1 fully saturated rings. The molecule has 0 aromatic rings. The highest BCUT2D eigenvalue weighted by Gasteiger charge is 2.51. The largest absolute Gasteiger partial charge is 0.465 e. The minimum Gasteiger partial charge on any atom is -0.465 e. The summed E-state index contributed by atoms with van der Waals surface area (Å²) >= 11 is 0. The molecular formula is C10H19NO3. The second-order valence-electron chi connectivity index (χ2n) is 4.98. The van der Waals surface area contributed by atoms with Gasteiger partial charge in [0.2, 0.25) is 0 Å². The van der Waals surface area contributed by atoms with Crippen LogP contribution in [0.4, 0.5) is 4.79 Å². The first-order valence-corrected chi connectivity index (χ1v) is 4.96. The number of hydrogen-bond donors (Lipinski definition) is 2. The smallest absolute Gasteiger partial charge is 0.407 e. The molecule has 0 saturated carbocycles. The van der Waals surface area contributed by atoms with Gasteiger partial charge in [0, 0.05) is 6.54 Å². The number of hydrogen-bond acceptors (Lipinski definition) is 2. The van der Waals surface area contributed by atoms with Gasteiger partial charge in [-0.2, -0.15) is 0 Å². The first-order chi connectivity index (χ1) is 6.35. The van der Waals surface area contributed by atoms with Gasteiger partial charge >= 0.3 is 6.09 Å². The first-order valence-electron chi connectivity index (χ1n) is 4.96. The summed E-state index contributed by atoms with van der Waals surface area (Å²) in [6, 6.07) is 0. The Bertz CT molecular complexity index is 234. The summed E-state index contributed by atoms with van der Waals surface area (Å²) in [6.07, 6.45) is 0.662. The van der Waals surface area contributed by atoms with Gasteiger partial charge in [0.05, 0.1) is 12.1 Å². The van der Waals surface area contributed by atoms with Crippen molar-refractivity contribution in [1.82, 2.24) is 4.90 Å². The lowest BCUT2D eigenvalue weighted by Gasteiger charge is -2.45. The molecule has 4 nitrogen and oxygen atoms in total. The molecule has 1 aliphatic rings. The van der Waals surface area contributed by atoms with Crippen LogP contribution in [-0.2, 0) is 0 Å². The van der Waals surface area contributed by atoms with Crippen molar-refractivity contribution in [2.24, 2.45) is 5.41 Å². The predicted octanol–water partition coefficient (Wildman–Crippen LogP) is 1.54. The van der Waals surface area contributed by atoms with E-state index in [9.17, 15) is 9.90 Å². The lowest BCUT2D eigenvalue weighted by Crippen LogP contribution is -2.57. The van der Waals surface area contributed by atoms with Crippen molar-refractivity contribution in [3.8, 4) is 0 Å². The third-order valence-electron chi connectivity index (χ3n) is 3.38. The van der Waals surface area contributed by atoms with Crippen molar-refractivity contribution in [2.45, 2.75) is 39.2 Å². The quantitative estimate of drug-likeness (QED) is 0.676. The van der Waals surface area contributed by atoms with Crippen molar-refractivity contribution in [2.75, 3.05) is 13.2 Å². The maximum Gasteiger partial charge on any atom is 0.407 e. The molecular weight excluding hydrogens is 182 g/mol. The molecule has 1 unspecified atom stereocenters. The average Bonchev–Trinajstić information content (AvgIpc) is 2.46. The molecule has 4 heteroatoms. The van der Waals surface area contributed by atoms with Gasteiger partial charge in [-0.25, -0.2) is 4.79 Å². The maximum atomic E-state index is 11.0. The van der Waals surface area contributed by atoms with E-state index in [4.69, 9.17) is 5.11 Å². The monoisotopic (exact) mass is 201 g/mol. The Labute approximate surface area is 84.5 Å². The Kier molecular flexibility index (Phi) is 2.76. The van der Waals surface area contributed by atoms with Gasteiger partial charge in [-0.15, -0.1) is 0 Å². The van der Waals surface area contributed by atoms with E-state index in [1.165, 1.54) is 4.90 Å². The topological polar surface area (TPSA) is 60.8 Å². The third kappa shape index (κ3) is 1.47. The van der Waals surface area contributed by atoms with Crippen LogP contribution in [0.1, 0.15) is 33.6 Å². The lowest BCUT2D eigenvalue weighted by molar-refractivity contribution is -0.0113. The molecule has 1 aliphatic heterocycles. The van der Waals surface area contributed by atoms with Gasteiger partial charge in [0.25, 0.3) is 0 Å². The van der Waals surface area contributed by atoms with Gasteiger partial charge in [-0.3, -0.25) is 4.90 Å². The number of likely N-dealkylation sites (tertiary alicyclic amines) is 1. The van der Waals surface area contributed by atoms with Crippen LogP contribution in [0.3, 0.4) is 0 Å². The summed E-state index contributed by atoms with van der Waals surface area (Å²) in [6.45, 7) is 6.37. The SMILES string of the molecule is CC(C)(C)C1(CO)CCCN1C(=O)O. The Balaban J connectivity index is 3.04. The second-order valence-corrected chi connectivity index (χ2v) is 4.98. The Morgan fingerprint density at radius 3 is 2.36 bits per heavy atom. The fourth-order valence-electron chi connectivity index (χ4n) is 2.34. The average molecular weight is 201 g/mol. The van der Waals surface area contributed by atoms with Crippen molar-refractivity contribution >= 4 is 6.09 Å². The van der Waals surface area contributed by atoms with Gasteiger partial charge in [-0.1, -0.05) is 20.8 Å². The van der Waals surface area contributed by atoms with Crippen LogP contribution in [0.15, 0.2) is 0 Å². The summed E-state index contributed by atoms with van der Waals surface area (Å²) < 4.78 is 0. The summed E-state index contributed by atoms with van der Waals surface area (Å²) in [5.74, 6) is 0. The van der Waals surface area contributed by atoms with Gasteiger partial charge in [-0.05, 0) is 18.3 Å². The number of carboxylic acid groups (broad SMARTS) is 1. The number of aliphatic hydroxyl groups is 1. The molecule has 0 aromatic heterocycles. The zero-order chi connectivity index (χ0) is 11.0. The Hall–Kier alpha value is -0.770. The minimum atomic E-state index is -0.925. The van der Waals surface area contributed by atoms with E-state index in [1.54, 1.807) is 0 Å².